The first-order valence-electron chi connectivity index (χ1n) is 6.75. The molecule has 2 aromatic rings. The SMILES string of the molecule is COCc1ccccc1CN[C@H](C)c1ccc(Br)cc1. The molecule has 2 aromatic carbocycles. The molecule has 1 atom stereocenters. The second kappa shape index (κ2) is 7.58. The monoisotopic (exact) mass is 333 g/mol. The number of methoxy groups -OCH3 is 1. The lowest BCUT2D eigenvalue weighted by molar-refractivity contribution is 0.184. The van der Waals surface area contributed by atoms with Gasteiger partial charge in [0.2, 0.25) is 0 Å². The van der Waals surface area contributed by atoms with Crippen LogP contribution in [-0.4, -0.2) is 7.11 Å². The molecule has 0 aliphatic carbocycles. The van der Waals surface area contributed by atoms with E-state index in [0.29, 0.717) is 12.6 Å². The van der Waals surface area contributed by atoms with E-state index in [4.69, 9.17) is 4.74 Å². The van der Waals surface area contributed by atoms with E-state index < -0.39 is 0 Å². The van der Waals surface area contributed by atoms with Gasteiger partial charge in [-0.25, -0.2) is 0 Å². The first-order chi connectivity index (χ1) is 9.70. The predicted molar refractivity (Wildman–Crippen MR) is 86.6 cm³/mol. The van der Waals surface area contributed by atoms with Crippen molar-refractivity contribution in [1.82, 2.24) is 5.32 Å². The molecule has 1 N–H and O–H groups in total. The lowest BCUT2D eigenvalue weighted by atomic mass is 10.1. The Hall–Kier alpha value is -1.16. The van der Waals surface area contributed by atoms with Crippen LogP contribution in [0.3, 0.4) is 0 Å². The van der Waals surface area contributed by atoms with E-state index in [2.05, 4.69) is 76.7 Å². The molecule has 0 amide bonds. The molecule has 0 aliphatic rings. The molecule has 0 heterocycles. The molecule has 3 heteroatoms. The number of rotatable bonds is 6. The number of hydrogen-bond acceptors (Lipinski definition) is 2. The lowest BCUT2D eigenvalue weighted by Crippen LogP contribution is -2.19. The fraction of sp³-hybridized carbons (Fsp3) is 0.294. The maximum atomic E-state index is 5.24. The van der Waals surface area contributed by atoms with Crippen molar-refractivity contribution in [2.45, 2.75) is 26.1 Å². The van der Waals surface area contributed by atoms with Crippen LogP contribution >= 0.6 is 15.9 Å². The van der Waals surface area contributed by atoms with E-state index in [1.54, 1.807) is 7.11 Å². The van der Waals surface area contributed by atoms with Crippen LogP contribution in [0.15, 0.2) is 53.0 Å². The highest BCUT2D eigenvalue weighted by atomic mass is 79.9. The highest BCUT2D eigenvalue weighted by molar-refractivity contribution is 9.10. The molecule has 0 spiro atoms. The Kier molecular flexibility index (Phi) is 5.77. The van der Waals surface area contributed by atoms with Crippen LogP contribution in [0.1, 0.15) is 29.7 Å². The van der Waals surface area contributed by atoms with Crippen molar-refractivity contribution < 1.29 is 4.74 Å². The highest BCUT2D eigenvalue weighted by Crippen LogP contribution is 2.18. The van der Waals surface area contributed by atoms with Gasteiger partial charge in [-0.1, -0.05) is 52.3 Å². The summed E-state index contributed by atoms with van der Waals surface area (Å²) in [7, 11) is 1.73. The molecule has 0 saturated carbocycles. The molecular weight excluding hydrogens is 314 g/mol. The largest absolute Gasteiger partial charge is 0.380 e. The molecular formula is C17H20BrNO. The van der Waals surface area contributed by atoms with Crippen molar-refractivity contribution in [1.29, 1.82) is 0 Å². The van der Waals surface area contributed by atoms with E-state index in [9.17, 15) is 0 Å². The average Bonchev–Trinajstić information content (AvgIpc) is 2.47. The second-order valence-electron chi connectivity index (χ2n) is 4.86. The van der Waals surface area contributed by atoms with Gasteiger partial charge in [0.05, 0.1) is 6.61 Å². The molecule has 0 saturated heterocycles. The number of ether oxygens (including phenoxy) is 1. The molecule has 0 unspecified atom stereocenters. The fourth-order valence-electron chi connectivity index (χ4n) is 2.16. The maximum Gasteiger partial charge on any atom is 0.0716 e. The minimum Gasteiger partial charge on any atom is -0.380 e. The van der Waals surface area contributed by atoms with E-state index >= 15 is 0 Å². The van der Waals surface area contributed by atoms with Gasteiger partial charge < -0.3 is 10.1 Å². The number of benzene rings is 2. The summed E-state index contributed by atoms with van der Waals surface area (Å²) in [5.41, 5.74) is 3.82. The Balaban J connectivity index is 1.99. The summed E-state index contributed by atoms with van der Waals surface area (Å²) < 4.78 is 6.35. The van der Waals surface area contributed by atoms with E-state index in [-0.39, 0.29) is 0 Å². The fourth-order valence-corrected chi connectivity index (χ4v) is 2.42. The number of nitrogens with one attached hydrogen (secondary N) is 1. The Morgan fingerprint density at radius 3 is 2.35 bits per heavy atom. The maximum absolute atomic E-state index is 5.24. The Bertz CT molecular complexity index is 539. The quantitative estimate of drug-likeness (QED) is 0.843. The van der Waals surface area contributed by atoms with Crippen molar-refractivity contribution in [2.75, 3.05) is 7.11 Å². The molecule has 0 fully saturated rings. The van der Waals surface area contributed by atoms with E-state index in [1.165, 1.54) is 16.7 Å². The summed E-state index contributed by atoms with van der Waals surface area (Å²) in [5, 5.41) is 3.56. The first-order valence-corrected chi connectivity index (χ1v) is 7.54. The van der Waals surface area contributed by atoms with Gasteiger partial charge in [-0.15, -0.1) is 0 Å². The van der Waals surface area contributed by atoms with Crippen molar-refractivity contribution in [3.05, 3.63) is 69.7 Å². The second-order valence-corrected chi connectivity index (χ2v) is 5.77. The summed E-state index contributed by atoms with van der Waals surface area (Å²) in [4.78, 5) is 0. The molecule has 20 heavy (non-hydrogen) atoms. The molecule has 2 nitrogen and oxygen atoms in total. The molecule has 0 bridgehead atoms. The van der Waals surface area contributed by atoms with Gasteiger partial charge in [-0.05, 0) is 35.7 Å². The topological polar surface area (TPSA) is 21.3 Å². The Labute approximate surface area is 129 Å². The minimum absolute atomic E-state index is 0.318. The lowest BCUT2D eigenvalue weighted by Gasteiger charge is -2.16. The molecule has 2 rings (SSSR count). The van der Waals surface area contributed by atoms with Gasteiger partial charge in [0.1, 0.15) is 0 Å². The van der Waals surface area contributed by atoms with Crippen LogP contribution in [0, 0.1) is 0 Å². The summed E-state index contributed by atoms with van der Waals surface area (Å²) in [6, 6.07) is 17.1. The van der Waals surface area contributed by atoms with Crippen LogP contribution < -0.4 is 5.32 Å². The van der Waals surface area contributed by atoms with Gasteiger partial charge in [-0.2, -0.15) is 0 Å². The summed E-state index contributed by atoms with van der Waals surface area (Å²) in [6.45, 7) is 3.68. The molecule has 0 aromatic heterocycles. The highest BCUT2D eigenvalue weighted by Gasteiger charge is 2.06. The predicted octanol–water partition coefficient (Wildman–Crippen LogP) is 4.45. The normalized spacial score (nSPS) is 12.3. The third kappa shape index (κ3) is 4.17. The molecule has 0 radical (unpaired) electrons. The summed E-state index contributed by atoms with van der Waals surface area (Å²) in [5.74, 6) is 0. The van der Waals surface area contributed by atoms with Crippen LogP contribution in [0.2, 0.25) is 0 Å². The van der Waals surface area contributed by atoms with E-state index in [0.717, 1.165) is 11.0 Å². The van der Waals surface area contributed by atoms with Crippen molar-refractivity contribution in [3.63, 3.8) is 0 Å². The van der Waals surface area contributed by atoms with Crippen molar-refractivity contribution in [3.8, 4) is 0 Å². The average molecular weight is 334 g/mol. The van der Waals surface area contributed by atoms with Crippen LogP contribution in [0.5, 0.6) is 0 Å². The zero-order valence-electron chi connectivity index (χ0n) is 11.9. The first kappa shape index (κ1) is 15.2. The van der Waals surface area contributed by atoms with Gasteiger partial charge in [-0.3, -0.25) is 0 Å². The summed E-state index contributed by atoms with van der Waals surface area (Å²) >= 11 is 3.46. The third-order valence-electron chi connectivity index (χ3n) is 3.39. The number of hydrogen-bond donors (Lipinski definition) is 1. The zero-order chi connectivity index (χ0) is 14.4. The Morgan fingerprint density at radius 1 is 1.05 bits per heavy atom. The standard InChI is InChI=1S/C17H20BrNO/c1-13(14-7-9-17(18)10-8-14)19-11-15-5-3-4-6-16(15)12-20-2/h3-10,13,19H,11-12H2,1-2H3/t13-/m1/s1. The summed E-state index contributed by atoms with van der Waals surface area (Å²) in [6.07, 6.45) is 0. The molecule has 106 valence electrons. The molecule has 0 aliphatic heterocycles. The minimum atomic E-state index is 0.318. The van der Waals surface area contributed by atoms with Crippen molar-refractivity contribution in [2.24, 2.45) is 0 Å². The van der Waals surface area contributed by atoms with Crippen LogP contribution in [0.4, 0.5) is 0 Å². The Morgan fingerprint density at radius 2 is 1.70 bits per heavy atom. The van der Waals surface area contributed by atoms with Gasteiger partial charge in [0, 0.05) is 24.2 Å². The van der Waals surface area contributed by atoms with Crippen molar-refractivity contribution >= 4 is 15.9 Å². The third-order valence-corrected chi connectivity index (χ3v) is 3.92. The van der Waals surface area contributed by atoms with Gasteiger partial charge >= 0.3 is 0 Å². The van der Waals surface area contributed by atoms with Gasteiger partial charge in [0.25, 0.3) is 0 Å². The van der Waals surface area contributed by atoms with E-state index in [1.807, 2.05) is 0 Å². The van der Waals surface area contributed by atoms with Crippen LogP contribution in [0.25, 0.3) is 0 Å². The van der Waals surface area contributed by atoms with Gasteiger partial charge in [0.15, 0.2) is 0 Å². The van der Waals surface area contributed by atoms with Crippen LogP contribution in [-0.2, 0) is 17.9 Å². The smallest absolute Gasteiger partial charge is 0.0716 e. The zero-order valence-corrected chi connectivity index (χ0v) is 13.5. The number of halogens is 1.